The molecule has 0 amide bonds. The van der Waals surface area contributed by atoms with Gasteiger partial charge in [-0.3, -0.25) is 13.7 Å². The maximum absolute atomic E-state index is 11.5. The molecule has 0 radical (unpaired) electrons. The van der Waals surface area contributed by atoms with Crippen LogP contribution < -0.4 is 28.3 Å². The van der Waals surface area contributed by atoms with Gasteiger partial charge >= 0.3 is 17.4 Å². The van der Waals surface area contributed by atoms with Gasteiger partial charge in [-0.15, -0.1) is 0 Å². The fourth-order valence-corrected chi connectivity index (χ4v) is 7.16. The van der Waals surface area contributed by atoms with E-state index >= 15 is 0 Å². The monoisotopic (exact) mass is 708 g/mol. The minimum Gasteiger partial charge on any atom is -0.769 e. The van der Waals surface area contributed by atoms with Gasteiger partial charge in [0, 0.05) is 18.5 Å². The Morgan fingerprint density at radius 3 is 0.848 bits per heavy atom. The first-order valence-electron chi connectivity index (χ1n) is 15.6. The molecule has 252 valence electrons. The third-order valence-corrected chi connectivity index (χ3v) is 10.1. The number of rotatable bonds is 18. The predicted molar refractivity (Wildman–Crippen MR) is 183 cm³/mol. The Morgan fingerprint density at radius 1 is 0.435 bits per heavy atom. The van der Waals surface area contributed by atoms with E-state index in [-0.39, 0.29) is 35.8 Å². The van der Waals surface area contributed by atoms with Gasteiger partial charge in [0.15, 0.2) is 22.8 Å². The van der Waals surface area contributed by atoms with E-state index in [1.54, 1.807) is 72.8 Å². The molecule has 3 rings (SSSR count). The summed E-state index contributed by atoms with van der Waals surface area (Å²) in [5.74, 6) is 1.19. The molecule has 3 aromatic carbocycles. The summed E-state index contributed by atoms with van der Waals surface area (Å²) in [5, 5.41) is 0. The van der Waals surface area contributed by atoms with Crippen molar-refractivity contribution in [2.75, 3.05) is 18.5 Å². The van der Waals surface area contributed by atoms with Gasteiger partial charge in [0.2, 0.25) is 0 Å². The Hall–Kier alpha value is -1.84. The van der Waals surface area contributed by atoms with Crippen LogP contribution in [0.4, 0.5) is 0 Å². The fourth-order valence-electron chi connectivity index (χ4n) is 3.73. The van der Waals surface area contributed by atoms with Crippen molar-refractivity contribution in [3.8, 4) is 17.2 Å². The molecule has 3 aromatic rings. The number of para-hydroxylation sites is 3. The van der Waals surface area contributed by atoms with Crippen molar-refractivity contribution in [3.05, 3.63) is 91.0 Å². The molecular formula is C33H48AlO9P3. The summed E-state index contributed by atoms with van der Waals surface area (Å²) in [6.07, 6.45) is 8.15. The van der Waals surface area contributed by atoms with E-state index in [4.69, 9.17) is 13.6 Å². The average molecular weight is 709 g/mol. The Bertz CT molecular complexity index is 1140. The van der Waals surface area contributed by atoms with E-state index in [2.05, 4.69) is 0 Å². The summed E-state index contributed by atoms with van der Waals surface area (Å²) in [5.41, 5.74) is 0. The van der Waals surface area contributed by atoms with Crippen LogP contribution >= 0.6 is 22.8 Å². The zero-order valence-electron chi connectivity index (χ0n) is 27.2. The molecule has 0 aromatic heterocycles. The van der Waals surface area contributed by atoms with Crippen LogP contribution in [0.15, 0.2) is 91.0 Å². The van der Waals surface area contributed by atoms with Crippen LogP contribution in [0.5, 0.6) is 17.2 Å². The van der Waals surface area contributed by atoms with Crippen molar-refractivity contribution in [3.63, 3.8) is 0 Å². The molecule has 0 heterocycles. The standard InChI is InChI=1S/3C11H17O3P.Al/c3*1-2-3-7-10-15(12,13)14-11-8-5-4-6-9-11;/h3*4-6,8-9H,2-3,7,10H2,1H3,(H,12,13);/q;;;+3/p-3. The van der Waals surface area contributed by atoms with E-state index in [0.717, 1.165) is 38.5 Å². The van der Waals surface area contributed by atoms with Crippen LogP contribution in [0, 0.1) is 0 Å². The molecule has 0 saturated carbocycles. The summed E-state index contributed by atoms with van der Waals surface area (Å²) in [6.45, 7) is 6.11. The van der Waals surface area contributed by atoms with Gasteiger partial charge in [0.05, 0.1) is 0 Å². The Kier molecular flexibility index (Phi) is 24.2. The van der Waals surface area contributed by atoms with Crippen molar-refractivity contribution in [1.82, 2.24) is 0 Å². The third-order valence-electron chi connectivity index (χ3n) is 6.07. The summed E-state index contributed by atoms with van der Waals surface area (Å²) < 4.78 is 49.3. The maximum atomic E-state index is 11.5. The molecule has 3 atom stereocenters. The summed E-state index contributed by atoms with van der Waals surface area (Å²) in [6, 6.07) is 25.8. The first-order chi connectivity index (χ1) is 21.4. The van der Waals surface area contributed by atoms with Crippen LogP contribution in [-0.4, -0.2) is 35.8 Å². The second-order valence-corrected chi connectivity index (χ2v) is 15.9. The van der Waals surface area contributed by atoms with Gasteiger partial charge in [-0.25, -0.2) is 0 Å². The quantitative estimate of drug-likeness (QED) is 0.0727. The van der Waals surface area contributed by atoms with Crippen molar-refractivity contribution in [2.45, 2.75) is 78.6 Å². The molecule has 0 bridgehead atoms. The second kappa shape index (κ2) is 25.2. The van der Waals surface area contributed by atoms with Gasteiger partial charge in [-0.1, -0.05) is 114 Å². The van der Waals surface area contributed by atoms with Crippen LogP contribution in [0.1, 0.15) is 78.6 Å². The van der Waals surface area contributed by atoms with Gasteiger partial charge in [-0.2, -0.15) is 0 Å². The molecule has 3 unspecified atom stereocenters. The largest absolute Gasteiger partial charge is 3.00 e. The molecule has 0 fully saturated rings. The molecule has 0 aliphatic carbocycles. The first-order valence-corrected chi connectivity index (χ1v) is 20.7. The van der Waals surface area contributed by atoms with Gasteiger partial charge in [0.25, 0.3) is 0 Å². The van der Waals surface area contributed by atoms with Gasteiger partial charge in [0.1, 0.15) is 17.2 Å². The van der Waals surface area contributed by atoms with E-state index in [9.17, 15) is 28.4 Å². The summed E-state index contributed by atoms with van der Waals surface area (Å²) >= 11 is 0. The number of unbranched alkanes of at least 4 members (excludes halogenated alkanes) is 6. The van der Waals surface area contributed by atoms with Crippen molar-refractivity contribution in [2.24, 2.45) is 0 Å². The number of benzene rings is 3. The van der Waals surface area contributed by atoms with E-state index in [0.29, 0.717) is 36.5 Å². The molecule has 9 nitrogen and oxygen atoms in total. The minimum absolute atomic E-state index is 0. The smallest absolute Gasteiger partial charge is 0.769 e. The van der Waals surface area contributed by atoms with Crippen LogP contribution in [0.25, 0.3) is 0 Å². The summed E-state index contributed by atoms with van der Waals surface area (Å²) in [4.78, 5) is 34.4. The minimum atomic E-state index is -3.69. The molecule has 0 aliphatic rings. The Balaban J connectivity index is 0.000000653. The normalized spacial score (nSPS) is 14.2. The third kappa shape index (κ3) is 23.5. The SMILES string of the molecule is CCCCCP(=O)([O-])Oc1ccccc1.CCCCCP(=O)([O-])Oc1ccccc1.CCCCCP(=O)([O-])Oc1ccccc1.[Al+3]. The van der Waals surface area contributed by atoms with E-state index < -0.39 is 22.8 Å². The van der Waals surface area contributed by atoms with Crippen LogP contribution in [-0.2, 0) is 13.7 Å². The predicted octanol–water partition coefficient (Wildman–Crippen LogP) is 8.05. The average Bonchev–Trinajstić information content (AvgIpc) is 2.99. The van der Waals surface area contributed by atoms with E-state index in [1.807, 2.05) is 39.0 Å². The number of hydrogen-bond acceptors (Lipinski definition) is 9. The molecule has 0 spiro atoms. The molecule has 46 heavy (non-hydrogen) atoms. The fraction of sp³-hybridized carbons (Fsp3) is 0.455. The topological polar surface area (TPSA) is 148 Å². The summed E-state index contributed by atoms with van der Waals surface area (Å²) in [7, 11) is -11.1. The van der Waals surface area contributed by atoms with Crippen molar-refractivity contribution >= 4 is 40.1 Å². The Morgan fingerprint density at radius 2 is 0.652 bits per heavy atom. The molecule has 0 aliphatic heterocycles. The van der Waals surface area contributed by atoms with Crippen molar-refractivity contribution < 1.29 is 41.9 Å². The zero-order chi connectivity index (χ0) is 33.4. The van der Waals surface area contributed by atoms with Crippen LogP contribution in [0.2, 0.25) is 0 Å². The second-order valence-electron chi connectivity index (χ2n) is 10.3. The zero-order valence-corrected chi connectivity index (χ0v) is 31.1. The van der Waals surface area contributed by atoms with Gasteiger partial charge < -0.3 is 28.3 Å². The van der Waals surface area contributed by atoms with Gasteiger partial charge in [-0.05, 0) is 55.7 Å². The molecule has 13 heteroatoms. The number of hydrogen-bond donors (Lipinski definition) is 0. The van der Waals surface area contributed by atoms with E-state index in [1.165, 1.54) is 0 Å². The van der Waals surface area contributed by atoms with Crippen LogP contribution in [0.3, 0.4) is 0 Å². The van der Waals surface area contributed by atoms with Crippen molar-refractivity contribution in [1.29, 1.82) is 0 Å². The maximum Gasteiger partial charge on any atom is 3.00 e. The first kappa shape index (κ1) is 44.2. The Labute approximate surface area is 286 Å². The molecular weight excluding hydrogens is 660 g/mol. The molecule has 0 saturated heterocycles. The molecule has 0 N–H and O–H groups in total.